The fraction of sp³-hybridized carbons (Fsp3) is 0.556. The van der Waals surface area contributed by atoms with E-state index >= 15 is 0 Å². The van der Waals surface area contributed by atoms with E-state index in [1.54, 1.807) is 12.0 Å². The van der Waals surface area contributed by atoms with Gasteiger partial charge in [-0.2, -0.15) is 11.8 Å². The lowest BCUT2D eigenvalue weighted by atomic mass is 10.1. The van der Waals surface area contributed by atoms with Crippen molar-refractivity contribution in [1.82, 2.24) is 10.2 Å². The molecule has 1 atom stereocenters. The van der Waals surface area contributed by atoms with Gasteiger partial charge in [-0.1, -0.05) is 12.1 Å². The summed E-state index contributed by atoms with van der Waals surface area (Å²) in [4.78, 5) is 26.4. The standard InChI is InChI=1S/C18H24N2O3S/c1-23-16-4-2-13(3-5-16)11-20-12-14(10-17(20)21)18(22)19-15-6-8-24-9-7-15/h2-5,14-15H,6-12H2,1H3,(H,19,22)/t14-/m1/s1. The Bertz CT molecular complexity index is 584. The molecule has 1 N–H and O–H groups in total. The fourth-order valence-corrected chi connectivity index (χ4v) is 4.32. The number of amides is 2. The largest absolute Gasteiger partial charge is 0.497 e. The van der Waals surface area contributed by atoms with Crippen LogP contribution in [-0.2, 0) is 16.1 Å². The van der Waals surface area contributed by atoms with Crippen molar-refractivity contribution in [2.45, 2.75) is 31.8 Å². The molecule has 0 spiro atoms. The quantitative estimate of drug-likeness (QED) is 0.885. The van der Waals surface area contributed by atoms with E-state index in [-0.39, 0.29) is 23.8 Å². The van der Waals surface area contributed by atoms with E-state index in [9.17, 15) is 9.59 Å². The van der Waals surface area contributed by atoms with Crippen molar-refractivity contribution in [3.05, 3.63) is 29.8 Å². The van der Waals surface area contributed by atoms with Crippen molar-refractivity contribution in [1.29, 1.82) is 0 Å². The molecule has 0 unspecified atom stereocenters. The molecule has 6 heteroatoms. The zero-order valence-electron chi connectivity index (χ0n) is 14.0. The molecule has 1 aromatic rings. The highest BCUT2D eigenvalue weighted by molar-refractivity contribution is 7.99. The normalized spacial score (nSPS) is 21.8. The van der Waals surface area contributed by atoms with Crippen LogP contribution in [0.25, 0.3) is 0 Å². The highest BCUT2D eigenvalue weighted by atomic mass is 32.2. The molecule has 0 bridgehead atoms. The average molecular weight is 348 g/mol. The van der Waals surface area contributed by atoms with Crippen LogP contribution in [0.5, 0.6) is 5.75 Å². The van der Waals surface area contributed by atoms with Crippen LogP contribution in [0.15, 0.2) is 24.3 Å². The van der Waals surface area contributed by atoms with Gasteiger partial charge in [-0.3, -0.25) is 9.59 Å². The third-order valence-electron chi connectivity index (χ3n) is 4.69. The molecule has 2 heterocycles. The van der Waals surface area contributed by atoms with Gasteiger partial charge in [-0.05, 0) is 42.0 Å². The van der Waals surface area contributed by atoms with Crippen molar-refractivity contribution >= 4 is 23.6 Å². The number of nitrogens with zero attached hydrogens (tertiary/aromatic N) is 1. The van der Waals surface area contributed by atoms with Crippen molar-refractivity contribution in [3.63, 3.8) is 0 Å². The number of benzene rings is 1. The molecule has 2 aliphatic rings. The van der Waals surface area contributed by atoms with Gasteiger partial charge in [-0.15, -0.1) is 0 Å². The van der Waals surface area contributed by atoms with Gasteiger partial charge >= 0.3 is 0 Å². The summed E-state index contributed by atoms with van der Waals surface area (Å²) in [6.45, 7) is 1.06. The Balaban J connectivity index is 1.53. The van der Waals surface area contributed by atoms with E-state index in [1.807, 2.05) is 36.0 Å². The first kappa shape index (κ1) is 17.1. The molecular weight excluding hydrogens is 324 g/mol. The Kier molecular flexibility index (Phi) is 5.66. The Morgan fingerprint density at radius 2 is 2.00 bits per heavy atom. The van der Waals surface area contributed by atoms with E-state index in [0.717, 1.165) is 35.7 Å². The summed E-state index contributed by atoms with van der Waals surface area (Å²) in [5.74, 6) is 2.90. The molecule has 2 aliphatic heterocycles. The number of methoxy groups -OCH3 is 1. The lowest BCUT2D eigenvalue weighted by molar-refractivity contribution is -0.129. The van der Waals surface area contributed by atoms with Crippen LogP contribution in [0.1, 0.15) is 24.8 Å². The van der Waals surface area contributed by atoms with Crippen molar-refractivity contribution in [2.24, 2.45) is 5.92 Å². The fourth-order valence-electron chi connectivity index (χ4n) is 3.21. The molecule has 5 nitrogen and oxygen atoms in total. The lowest BCUT2D eigenvalue weighted by Crippen LogP contribution is -2.41. The Hall–Kier alpha value is -1.69. The molecule has 3 rings (SSSR count). The number of carbonyl (C=O) groups excluding carboxylic acids is 2. The molecule has 2 fully saturated rings. The molecule has 1 aromatic carbocycles. The van der Waals surface area contributed by atoms with E-state index in [0.29, 0.717) is 19.5 Å². The minimum Gasteiger partial charge on any atom is -0.497 e. The number of rotatable bonds is 5. The third-order valence-corrected chi connectivity index (χ3v) is 5.73. The summed E-state index contributed by atoms with van der Waals surface area (Å²) in [6, 6.07) is 7.98. The van der Waals surface area contributed by atoms with Gasteiger partial charge in [0, 0.05) is 25.6 Å². The first-order chi connectivity index (χ1) is 11.7. The van der Waals surface area contributed by atoms with Crippen LogP contribution in [0, 0.1) is 5.92 Å². The second-order valence-corrected chi connectivity index (χ2v) is 7.64. The van der Waals surface area contributed by atoms with Gasteiger partial charge in [-0.25, -0.2) is 0 Å². The zero-order valence-corrected chi connectivity index (χ0v) is 14.8. The number of nitrogens with one attached hydrogen (secondary N) is 1. The minimum atomic E-state index is -0.217. The van der Waals surface area contributed by atoms with E-state index < -0.39 is 0 Å². The van der Waals surface area contributed by atoms with E-state index in [1.165, 1.54) is 0 Å². The molecule has 2 amide bonds. The molecule has 0 saturated carbocycles. The van der Waals surface area contributed by atoms with Gasteiger partial charge in [0.1, 0.15) is 5.75 Å². The Morgan fingerprint density at radius 3 is 2.67 bits per heavy atom. The molecule has 130 valence electrons. The molecule has 0 aromatic heterocycles. The number of hydrogen-bond acceptors (Lipinski definition) is 4. The second kappa shape index (κ2) is 7.92. The minimum absolute atomic E-state index is 0.0393. The first-order valence-corrected chi connectivity index (χ1v) is 9.60. The van der Waals surface area contributed by atoms with Gasteiger partial charge in [0.2, 0.25) is 11.8 Å². The van der Waals surface area contributed by atoms with Gasteiger partial charge in [0.15, 0.2) is 0 Å². The molecule has 0 aliphatic carbocycles. The lowest BCUT2D eigenvalue weighted by Gasteiger charge is -2.24. The van der Waals surface area contributed by atoms with E-state index in [4.69, 9.17) is 4.74 Å². The molecule has 0 radical (unpaired) electrons. The smallest absolute Gasteiger partial charge is 0.225 e. The maximum Gasteiger partial charge on any atom is 0.225 e. The summed E-state index contributed by atoms with van der Waals surface area (Å²) in [5.41, 5.74) is 1.05. The number of ether oxygens (including phenoxy) is 1. The maximum atomic E-state index is 12.4. The summed E-state index contributed by atoms with van der Waals surface area (Å²) in [7, 11) is 1.63. The maximum absolute atomic E-state index is 12.4. The monoisotopic (exact) mass is 348 g/mol. The highest BCUT2D eigenvalue weighted by Gasteiger charge is 2.35. The van der Waals surface area contributed by atoms with Crippen LogP contribution < -0.4 is 10.1 Å². The Labute approximate surface area is 147 Å². The SMILES string of the molecule is COc1ccc(CN2C[C@H](C(=O)NC3CCSCC3)CC2=O)cc1. The number of carbonyl (C=O) groups is 2. The summed E-state index contributed by atoms with van der Waals surface area (Å²) in [5, 5.41) is 3.13. The van der Waals surface area contributed by atoms with Gasteiger partial charge < -0.3 is 15.0 Å². The molecular formula is C18H24N2O3S. The highest BCUT2D eigenvalue weighted by Crippen LogP contribution is 2.23. The summed E-state index contributed by atoms with van der Waals surface area (Å²) < 4.78 is 5.15. The average Bonchev–Trinajstić information content (AvgIpc) is 2.97. The third kappa shape index (κ3) is 4.23. The number of likely N-dealkylation sites (tertiary alicyclic amines) is 1. The van der Waals surface area contributed by atoms with Crippen LogP contribution >= 0.6 is 11.8 Å². The predicted molar refractivity (Wildman–Crippen MR) is 95.0 cm³/mol. The number of hydrogen-bond donors (Lipinski definition) is 1. The summed E-state index contributed by atoms with van der Waals surface area (Å²) in [6.07, 6.45) is 2.39. The Morgan fingerprint density at radius 1 is 1.29 bits per heavy atom. The van der Waals surface area contributed by atoms with Crippen LogP contribution in [0.3, 0.4) is 0 Å². The molecule has 24 heavy (non-hydrogen) atoms. The predicted octanol–water partition coefficient (Wildman–Crippen LogP) is 2.06. The van der Waals surface area contributed by atoms with Crippen molar-refractivity contribution in [2.75, 3.05) is 25.2 Å². The van der Waals surface area contributed by atoms with Crippen molar-refractivity contribution in [3.8, 4) is 5.75 Å². The molecule has 2 saturated heterocycles. The number of thioether (sulfide) groups is 1. The zero-order chi connectivity index (χ0) is 16.9. The van der Waals surface area contributed by atoms with Gasteiger partial charge in [0.25, 0.3) is 0 Å². The van der Waals surface area contributed by atoms with Crippen molar-refractivity contribution < 1.29 is 14.3 Å². The van der Waals surface area contributed by atoms with Crippen LogP contribution in [0.4, 0.5) is 0 Å². The van der Waals surface area contributed by atoms with Gasteiger partial charge in [0.05, 0.1) is 13.0 Å². The summed E-state index contributed by atoms with van der Waals surface area (Å²) >= 11 is 1.94. The van der Waals surface area contributed by atoms with Crippen LogP contribution in [0.2, 0.25) is 0 Å². The second-order valence-electron chi connectivity index (χ2n) is 6.42. The van der Waals surface area contributed by atoms with Crippen LogP contribution in [-0.4, -0.2) is 47.9 Å². The first-order valence-electron chi connectivity index (χ1n) is 8.44. The topological polar surface area (TPSA) is 58.6 Å². The van der Waals surface area contributed by atoms with E-state index in [2.05, 4.69) is 5.32 Å².